The molecule has 0 aromatic heterocycles. The average Bonchev–Trinajstić information content (AvgIpc) is 2.78. The first-order chi connectivity index (χ1) is 7.80. The number of hydrogen-bond donors (Lipinski definition) is 2. The molecule has 0 aliphatic heterocycles. The summed E-state index contributed by atoms with van der Waals surface area (Å²) in [5.74, 6) is 0.877. The molecule has 0 aromatic rings. The summed E-state index contributed by atoms with van der Waals surface area (Å²) in [6, 6.07) is 0. The second kappa shape index (κ2) is 4.10. The van der Waals surface area contributed by atoms with Crippen LogP contribution in [0, 0.1) is 17.3 Å². The van der Waals surface area contributed by atoms with Crippen molar-refractivity contribution in [1.29, 1.82) is 0 Å². The molecule has 17 heavy (non-hydrogen) atoms. The Morgan fingerprint density at radius 1 is 1.29 bits per heavy atom. The van der Waals surface area contributed by atoms with Crippen LogP contribution in [0.5, 0.6) is 0 Å². The van der Waals surface area contributed by atoms with Crippen molar-refractivity contribution in [2.75, 3.05) is 0 Å². The highest BCUT2D eigenvalue weighted by molar-refractivity contribution is 5.15. The molecule has 0 heterocycles. The van der Waals surface area contributed by atoms with Gasteiger partial charge in [-0.3, -0.25) is 0 Å². The first-order valence-electron chi connectivity index (χ1n) is 6.84. The molecule has 2 bridgehead atoms. The molecule has 0 radical (unpaired) electrons. The SMILES string of the molecule is CC(C)=CC[C@@H](O)[C@@]1(C)[C@@H]2CC[C@@H](C2)[C@@]1(C)O. The fourth-order valence-electron chi connectivity index (χ4n) is 4.09. The molecule has 2 aliphatic rings. The molecule has 0 spiro atoms. The smallest absolute Gasteiger partial charge is 0.0728 e. The number of hydrogen-bond acceptors (Lipinski definition) is 2. The second-order valence-electron chi connectivity index (χ2n) is 6.67. The van der Waals surface area contributed by atoms with Gasteiger partial charge in [0, 0.05) is 5.41 Å². The molecule has 2 rings (SSSR count). The largest absolute Gasteiger partial charge is 0.392 e. The summed E-state index contributed by atoms with van der Waals surface area (Å²) >= 11 is 0. The van der Waals surface area contributed by atoms with Crippen molar-refractivity contribution in [1.82, 2.24) is 0 Å². The highest BCUT2D eigenvalue weighted by atomic mass is 16.3. The van der Waals surface area contributed by atoms with Gasteiger partial charge in [-0.1, -0.05) is 18.6 Å². The zero-order valence-electron chi connectivity index (χ0n) is 11.5. The Balaban J connectivity index is 2.20. The molecule has 0 aromatic carbocycles. The molecular formula is C15H26O2. The standard InChI is InChI=1S/C15H26O2/c1-10(2)5-8-13(16)14(3)11-6-7-12(9-11)15(14,4)17/h5,11-13,16-17H,6-9H2,1-4H3/t11-,12+,13-,14-,15-/m1/s1. The lowest BCUT2D eigenvalue weighted by atomic mass is 9.61. The Morgan fingerprint density at radius 3 is 2.35 bits per heavy atom. The van der Waals surface area contributed by atoms with Crippen molar-refractivity contribution >= 4 is 0 Å². The number of fused-ring (bicyclic) bond motifs is 2. The fourth-order valence-corrected chi connectivity index (χ4v) is 4.09. The van der Waals surface area contributed by atoms with Crippen molar-refractivity contribution in [3.63, 3.8) is 0 Å². The van der Waals surface area contributed by atoms with E-state index in [4.69, 9.17) is 0 Å². The lowest BCUT2D eigenvalue weighted by molar-refractivity contribution is -0.154. The van der Waals surface area contributed by atoms with Crippen molar-refractivity contribution in [3.8, 4) is 0 Å². The number of rotatable bonds is 3. The van der Waals surface area contributed by atoms with E-state index in [2.05, 4.69) is 13.0 Å². The van der Waals surface area contributed by atoms with Gasteiger partial charge in [0.05, 0.1) is 11.7 Å². The van der Waals surface area contributed by atoms with E-state index in [-0.39, 0.29) is 5.41 Å². The van der Waals surface area contributed by atoms with Crippen LogP contribution in [0.3, 0.4) is 0 Å². The Morgan fingerprint density at radius 2 is 1.88 bits per heavy atom. The third-order valence-corrected chi connectivity index (χ3v) is 5.61. The van der Waals surface area contributed by atoms with Gasteiger partial charge in [-0.05, 0) is 58.3 Å². The van der Waals surface area contributed by atoms with Crippen LogP contribution >= 0.6 is 0 Å². The van der Waals surface area contributed by atoms with Gasteiger partial charge in [0.2, 0.25) is 0 Å². The van der Waals surface area contributed by atoms with Crippen LogP contribution in [0.4, 0.5) is 0 Å². The first-order valence-corrected chi connectivity index (χ1v) is 6.84. The summed E-state index contributed by atoms with van der Waals surface area (Å²) in [4.78, 5) is 0. The van der Waals surface area contributed by atoms with Gasteiger partial charge >= 0.3 is 0 Å². The molecule has 2 heteroatoms. The summed E-state index contributed by atoms with van der Waals surface area (Å²) in [5.41, 5.74) is 0.197. The third-order valence-electron chi connectivity index (χ3n) is 5.61. The summed E-state index contributed by atoms with van der Waals surface area (Å²) < 4.78 is 0. The molecule has 2 nitrogen and oxygen atoms in total. The minimum Gasteiger partial charge on any atom is -0.392 e. The van der Waals surface area contributed by atoms with E-state index in [0.717, 1.165) is 12.8 Å². The summed E-state index contributed by atoms with van der Waals surface area (Å²) in [5, 5.41) is 21.3. The predicted molar refractivity (Wildman–Crippen MR) is 69.6 cm³/mol. The average molecular weight is 238 g/mol. The second-order valence-corrected chi connectivity index (χ2v) is 6.67. The van der Waals surface area contributed by atoms with Gasteiger partial charge in [-0.15, -0.1) is 0 Å². The van der Waals surface area contributed by atoms with Gasteiger partial charge in [0.1, 0.15) is 0 Å². The van der Waals surface area contributed by atoms with Crippen LogP contribution in [0.15, 0.2) is 11.6 Å². The van der Waals surface area contributed by atoms with E-state index in [0.29, 0.717) is 18.3 Å². The van der Waals surface area contributed by atoms with Crippen LogP contribution in [0.25, 0.3) is 0 Å². The molecule has 2 N–H and O–H groups in total. The molecule has 98 valence electrons. The molecule has 0 saturated heterocycles. The Hall–Kier alpha value is -0.340. The van der Waals surface area contributed by atoms with Crippen LogP contribution in [-0.2, 0) is 0 Å². The molecular weight excluding hydrogens is 212 g/mol. The number of aliphatic hydroxyl groups is 2. The highest BCUT2D eigenvalue weighted by Gasteiger charge is 2.64. The van der Waals surface area contributed by atoms with Crippen LogP contribution in [0.1, 0.15) is 53.4 Å². The number of aliphatic hydroxyl groups excluding tert-OH is 1. The Kier molecular flexibility index (Phi) is 3.16. The molecule has 0 amide bonds. The van der Waals surface area contributed by atoms with E-state index in [9.17, 15) is 10.2 Å². The zero-order chi connectivity index (χ0) is 12.8. The van der Waals surface area contributed by atoms with E-state index in [1.54, 1.807) is 0 Å². The first kappa shape index (κ1) is 13.1. The minimum absolute atomic E-state index is 0.331. The summed E-state index contributed by atoms with van der Waals surface area (Å²) in [6.45, 7) is 8.12. The van der Waals surface area contributed by atoms with Crippen LogP contribution < -0.4 is 0 Å². The quantitative estimate of drug-likeness (QED) is 0.742. The normalized spacial score (nSPS) is 46.0. The topological polar surface area (TPSA) is 40.5 Å². The minimum atomic E-state index is -0.704. The van der Waals surface area contributed by atoms with Crippen molar-refractivity contribution in [2.45, 2.75) is 65.1 Å². The van der Waals surface area contributed by atoms with Gasteiger partial charge in [0.15, 0.2) is 0 Å². The fraction of sp³-hybridized carbons (Fsp3) is 0.867. The maximum absolute atomic E-state index is 10.8. The van der Waals surface area contributed by atoms with Crippen molar-refractivity contribution in [2.24, 2.45) is 17.3 Å². The van der Waals surface area contributed by atoms with E-state index in [1.165, 1.54) is 12.0 Å². The number of allylic oxidation sites excluding steroid dienone is 1. The van der Waals surface area contributed by atoms with Gasteiger partial charge in [-0.25, -0.2) is 0 Å². The Bertz CT molecular complexity index is 328. The van der Waals surface area contributed by atoms with Gasteiger partial charge < -0.3 is 10.2 Å². The predicted octanol–water partition coefficient (Wildman–Crippen LogP) is 2.89. The lowest BCUT2D eigenvalue weighted by Gasteiger charge is -2.49. The van der Waals surface area contributed by atoms with Crippen LogP contribution in [-0.4, -0.2) is 21.9 Å². The molecule has 5 atom stereocenters. The van der Waals surface area contributed by atoms with E-state index < -0.39 is 11.7 Å². The van der Waals surface area contributed by atoms with E-state index in [1.807, 2.05) is 20.8 Å². The lowest BCUT2D eigenvalue weighted by Crippen LogP contribution is -2.55. The van der Waals surface area contributed by atoms with E-state index >= 15 is 0 Å². The molecule has 2 saturated carbocycles. The maximum atomic E-state index is 10.8. The van der Waals surface area contributed by atoms with Gasteiger partial charge in [0.25, 0.3) is 0 Å². The molecule has 0 unspecified atom stereocenters. The zero-order valence-corrected chi connectivity index (χ0v) is 11.5. The summed E-state index contributed by atoms with van der Waals surface area (Å²) in [6.07, 6.45) is 5.71. The maximum Gasteiger partial charge on any atom is 0.0728 e. The Labute approximate surface area is 105 Å². The van der Waals surface area contributed by atoms with Gasteiger partial charge in [-0.2, -0.15) is 0 Å². The monoisotopic (exact) mass is 238 g/mol. The van der Waals surface area contributed by atoms with Crippen molar-refractivity contribution < 1.29 is 10.2 Å². The molecule has 2 fully saturated rings. The molecule has 2 aliphatic carbocycles. The summed E-state index contributed by atoms with van der Waals surface area (Å²) in [7, 11) is 0. The highest BCUT2D eigenvalue weighted by Crippen LogP contribution is 2.63. The van der Waals surface area contributed by atoms with Crippen molar-refractivity contribution in [3.05, 3.63) is 11.6 Å². The van der Waals surface area contributed by atoms with Crippen LogP contribution in [0.2, 0.25) is 0 Å². The third kappa shape index (κ3) is 1.77.